The first kappa shape index (κ1) is 15.0. The van der Waals surface area contributed by atoms with Crippen LogP contribution in [0.5, 0.6) is 0 Å². The number of hydrogen-bond donors (Lipinski definition) is 1. The summed E-state index contributed by atoms with van der Waals surface area (Å²) in [6.07, 6.45) is 2.13. The van der Waals surface area contributed by atoms with Crippen LogP contribution in [0, 0.1) is 0 Å². The number of thiazole rings is 1. The lowest BCUT2D eigenvalue weighted by atomic mass is 10.2. The number of hydrogen-bond acceptors (Lipinski definition) is 4. The molecule has 0 saturated heterocycles. The van der Waals surface area contributed by atoms with Crippen LogP contribution in [-0.2, 0) is 19.5 Å². The van der Waals surface area contributed by atoms with E-state index in [0.29, 0.717) is 6.54 Å². The van der Waals surface area contributed by atoms with Gasteiger partial charge in [-0.1, -0.05) is 43.7 Å². The van der Waals surface area contributed by atoms with Gasteiger partial charge in [-0.2, -0.15) is 0 Å². The van der Waals surface area contributed by atoms with Gasteiger partial charge in [0.1, 0.15) is 0 Å². The van der Waals surface area contributed by atoms with E-state index in [1.165, 1.54) is 16.1 Å². The van der Waals surface area contributed by atoms with Crippen molar-refractivity contribution in [2.75, 3.05) is 11.4 Å². The Morgan fingerprint density at radius 1 is 1.20 bits per heavy atom. The number of rotatable bonds is 7. The van der Waals surface area contributed by atoms with Crippen LogP contribution in [0.25, 0.3) is 0 Å². The molecule has 2 rings (SSSR count). The van der Waals surface area contributed by atoms with Crippen LogP contribution in [0.2, 0.25) is 0 Å². The van der Waals surface area contributed by atoms with Gasteiger partial charge in [-0.05, 0) is 18.9 Å². The Bertz CT molecular complexity index is 522. The summed E-state index contributed by atoms with van der Waals surface area (Å²) in [7, 11) is 0. The standard InChI is InChI=1S/C16H23N3S/c1-3-8-14-15(11-17)20-16(18-14)19(4-2)12-13-9-6-5-7-10-13/h5-7,9-10H,3-4,8,11-12,17H2,1-2H3. The third-order valence-electron chi connectivity index (χ3n) is 3.31. The van der Waals surface area contributed by atoms with E-state index in [1.54, 1.807) is 11.3 Å². The van der Waals surface area contributed by atoms with Crippen molar-refractivity contribution in [1.29, 1.82) is 0 Å². The normalized spacial score (nSPS) is 10.8. The number of anilines is 1. The Morgan fingerprint density at radius 2 is 1.95 bits per heavy atom. The second-order valence-electron chi connectivity index (χ2n) is 4.82. The molecule has 20 heavy (non-hydrogen) atoms. The van der Waals surface area contributed by atoms with Crippen LogP contribution in [-0.4, -0.2) is 11.5 Å². The molecule has 0 spiro atoms. The summed E-state index contributed by atoms with van der Waals surface area (Å²) < 4.78 is 0. The maximum Gasteiger partial charge on any atom is 0.186 e. The van der Waals surface area contributed by atoms with Gasteiger partial charge in [0, 0.05) is 24.5 Å². The SMILES string of the molecule is CCCc1nc(N(CC)Cc2ccccc2)sc1CN. The van der Waals surface area contributed by atoms with Crippen LogP contribution in [0.4, 0.5) is 5.13 Å². The fourth-order valence-corrected chi connectivity index (χ4v) is 3.26. The quantitative estimate of drug-likeness (QED) is 0.847. The molecule has 2 N–H and O–H groups in total. The van der Waals surface area contributed by atoms with Crippen molar-refractivity contribution < 1.29 is 0 Å². The number of nitrogens with zero attached hydrogens (tertiary/aromatic N) is 2. The van der Waals surface area contributed by atoms with E-state index in [4.69, 9.17) is 10.7 Å². The molecule has 3 nitrogen and oxygen atoms in total. The van der Waals surface area contributed by atoms with E-state index in [2.05, 4.69) is 49.1 Å². The molecule has 1 aromatic heterocycles. The molecule has 0 aliphatic rings. The largest absolute Gasteiger partial charge is 0.344 e. The third kappa shape index (κ3) is 3.58. The average Bonchev–Trinajstić information content (AvgIpc) is 2.89. The highest BCUT2D eigenvalue weighted by Crippen LogP contribution is 2.28. The monoisotopic (exact) mass is 289 g/mol. The van der Waals surface area contributed by atoms with Crippen molar-refractivity contribution in [2.45, 2.75) is 39.8 Å². The van der Waals surface area contributed by atoms with Crippen LogP contribution in [0.1, 0.15) is 36.4 Å². The minimum atomic E-state index is 0.593. The Morgan fingerprint density at radius 3 is 2.55 bits per heavy atom. The highest BCUT2D eigenvalue weighted by Gasteiger charge is 2.14. The molecule has 0 fully saturated rings. The molecule has 0 aliphatic carbocycles. The van der Waals surface area contributed by atoms with Gasteiger partial charge in [0.15, 0.2) is 5.13 Å². The maximum atomic E-state index is 5.84. The van der Waals surface area contributed by atoms with Gasteiger partial charge in [-0.15, -0.1) is 11.3 Å². The van der Waals surface area contributed by atoms with E-state index in [9.17, 15) is 0 Å². The van der Waals surface area contributed by atoms with Crippen molar-refractivity contribution in [2.24, 2.45) is 5.73 Å². The summed E-state index contributed by atoms with van der Waals surface area (Å²) in [6.45, 7) is 6.81. The second-order valence-corrected chi connectivity index (χ2v) is 5.88. The lowest BCUT2D eigenvalue weighted by Crippen LogP contribution is -2.21. The molecule has 108 valence electrons. The first-order chi connectivity index (χ1) is 9.78. The van der Waals surface area contributed by atoms with E-state index >= 15 is 0 Å². The lowest BCUT2D eigenvalue weighted by molar-refractivity contribution is 0.812. The highest BCUT2D eigenvalue weighted by atomic mass is 32.1. The van der Waals surface area contributed by atoms with Crippen molar-refractivity contribution in [1.82, 2.24) is 4.98 Å². The first-order valence-electron chi connectivity index (χ1n) is 7.26. The first-order valence-corrected chi connectivity index (χ1v) is 8.07. The van der Waals surface area contributed by atoms with Gasteiger partial charge >= 0.3 is 0 Å². The van der Waals surface area contributed by atoms with Gasteiger partial charge in [0.25, 0.3) is 0 Å². The fraction of sp³-hybridized carbons (Fsp3) is 0.438. The van der Waals surface area contributed by atoms with Crippen molar-refractivity contribution >= 4 is 16.5 Å². The van der Waals surface area contributed by atoms with Crippen molar-refractivity contribution in [3.63, 3.8) is 0 Å². The molecule has 1 heterocycles. The molecular formula is C16H23N3S. The predicted molar refractivity (Wildman–Crippen MR) is 87.2 cm³/mol. The van der Waals surface area contributed by atoms with Crippen LogP contribution < -0.4 is 10.6 Å². The van der Waals surface area contributed by atoms with Crippen LogP contribution in [0.15, 0.2) is 30.3 Å². The molecule has 4 heteroatoms. The minimum Gasteiger partial charge on any atom is -0.344 e. The zero-order valence-corrected chi connectivity index (χ0v) is 13.1. The zero-order chi connectivity index (χ0) is 14.4. The molecule has 2 aromatic rings. The number of benzene rings is 1. The topological polar surface area (TPSA) is 42.2 Å². The van der Waals surface area contributed by atoms with Crippen LogP contribution >= 0.6 is 11.3 Å². The van der Waals surface area contributed by atoms with Gasteiger partial charge < -0.3 is 10.6 Å². The van der Waals surface area contributed by atoms with Crippen LogP contribution in [0.3, 0.4) is 0 Å². The van der Waals surface area contributed by atoms with E-state index in [1.807, 2.05) is 0 Å². The predicted octanol–water partition coefficient (Wildman–Crippen LogP) is 3.58. The number of nitrogens with two attached hydrogens (primary N) is 1. The zero-order valence-electron chi connectivity index (χ0n) is 12.3. The van der Waals surface area contributed by atoms with Gasteiger partial charge in [0.05, 0.1) is 5.69 Å². The van der Waals surface area contributed by atoms with Crippen molar-refractivity contribution in [3.8, 4) is 0 Å². The summed E-state index contributed by atoms with van der Waals surface area (Å²) in [5, 5.41) is 1.10. The van der Waals surface area contributed by atoms with E-state index in [0.717, 1.165) is 31.1 Å². The maximum absolute atomic E-state index is 5.84. The fourth-order valence-electron chi connectivity index (χ4n) is 2.22. The molecule has 0 aliphatic heterocycles. The average molecular weight is 289 g/mol. The molecular weight excluding hydrogens is 266 g/mol. The van der Waals surface area contributed by atoms with Gasteiger partial charge in [-0.25, -0.2) is 4.98 Å². The third-order valence-corrected chi connectivity index (χ3v) is 4.49. The molecule has 0 atom stereocenters. The smallest absolute Gasteiger partial charge is 0.186 e. The van der Waals surface area contributed by atoms with Gasteiger partial charge in [-0.3, -0.25) is 0 Å². The molecule has 0 amide bonds. The van der Waals surface area contributed by atoms with E-state index < -0.39 is 0 Å². The molecule has 1 aromatic carbocycles. The van der Waals surface area contributed by atoms with Gasteiger partial charge in [0.2, 0.25) is 0 Å². The lowest BCUT2D eigenvalue weighted by Gasteiger charge is -2.19. The Balaban J connectivity index is 2.18. The summed E-state index contributed by atoms with van der Waals surface area (Å²) in [5.41, 5.74) is 8.34. The highest BCUT2D eigenvalue weighted by molar-refractivity contribution is 7.15. The second kappa shape index (κ2) is 7.41. The number of aryl methyl sites for hydroxylation is 1. The molecule has 0 saturated carbocycles. The summed E-state index contributed by atoms with van der Waals surface area (Å²) >= 11 is 1.74. The Kier molecular flexibility index (Phi) is 5.56. The minimum absolute atomic E-state index is 0.593. The Hall–Kier alpha value is -1.39. The summed E-state index contributed by atoms with van der Waals surface area (Å²) in [4.78, 5) is 8.35. The summed E-state index contributed by atoms with van der Waals surface area (Å²) in [5.74, 6) is 0. The van der Waals surface area contributed by atoms with Crippen molar-refractivity contribution in [3.05, 3.63) is 46.5 Å². The summed E-state index contributed by atoms with van der Waals surface area (Å²) in [6, 6.07) is 10.5. The number of aromatic nitrogens is 1. The Labute approximate surface area is 125 Å². The van der Waals surface area contributed by atoms with E-state index in [-0.39, 0.29) is 0 Å². The molecule has 0 bridgehead atoms. The molecule has 0 unspecified atom stereocenters. The molecule has 0 radical (unpaired) electrons.